The third-order valence-electron chi connectivity index (χ3n) is 5.40. The van der Waals surface area contributed by atoms with Crippen LogP contribution in [0.3, 0.4) is 0 Å². The van der Waals surface area contributed by atoms with E-state index in [-0.39, 0.29) is 17.5 Å². The molecule has 0 radical (unpaired) electrons. The van der Waals surface area contributed by atoms with E-state index in [4.69, 9.17) is 0 Å². The van der Waals surface area contributed by atoms with E-state index in [2.05, 4.69) is 55.7 Å². The van der Waals surface area contributed by atoms with Gasteiger partial charge in [0.15, 0.2) is 15.7 Å². The van der Waals surface area contributed by atoms with E-state index in [1.54, 1.807) is 6.20 Å². The van der Waals surface area contributed by atoms with Gasteiger partial charge in [0.05, 0.1) is 17.7 Å². The third-order valence-corrected chi connectivity index (χ3v) is 7.16. The first-order valence-corrected chi connectivity index (χ1v) is 11.3. The van der Waals surface area contributed by atoms with Gasteiger partial charge in [-0.3, -0.25) is 0 Å². The lowest BCUT2D eigenvalue weighted by molar-refractivity contribution is 0.400. The van der Waals surface area contributed by atoms with E-state index in [0.29, 0.717) is 24.1 Å². The van der Waals surface area contributed by atoms with Crippen LogP contribution in [0.15, 0.2) is 36.5 Å². The van der Waals surface area contributed by atoms with Crippen molar-refractivity contribution in [2.24, 2.45) is 5.92 Å². The second kappa shape index (κ2) is 7.80. The van der Waals surface area contributed by atoms with Crippen LogP contribution in [0, 0.1) is 5.92 Å². The zero-order valence-corrected chi connectivity index (χ0v) is 16.1. The fraction of sp³-hybridized carbons (Fsp3) is 0.526. The molecule has 1 atom stereocenters. The molecule has 8 heteroatoms. The van der Waals surface area contributed by atoms with Crippen LogP contribution < -0.4 is 10.2 Å². The molecule has 2 aliphatic heterocycles. The van der Waals surface area contributed by atoms with Gasteiger partial charge in [-0.2, -0.15) is 10.1 Å². The summed E-state index contributed by atoms with van der Waals surface area (Å²) in [5.41, 5.74) is 1.39. The zero-order valence-electron chi connectivity index (χ0n) is 15.3. The number of anilines is 2. The average molecular weight is 388 g/mol. The second-order valence-corrected chi connectivity index (χ2v) is 9.73. The quantitative estimate of drug-likeness (QED) is 0.838. The van der Waals surface area contributed by atoms with Gasteiger partial charge in [-0.1, -0.05) is 30.3 Å². The molecule has 0 aliphatic carbocycles. The summed E-state index contributed by atoms with van der Waals surface area (Å²) in [4.78, 5) is 6.73. The number of benzene rings is 1. The normalized spacial score (nSPS) is 22.7. The van der Waals surface area contributed by atoms with E-state index in [9.17, 15) is 8.42 Å². The molecule has 0 spiro atoms. The first-order chi connectivity index (χ1) is 13.1. The van der Waals surface area contributed by atoms with Crippen LogP contribution >= 0.6 is 0 Å². The number of nitrogens with one attached hydrogen (secondary N) is 1. The fourth-order valence-corrected chi connectivity index (χ4v) is 5.57. The van der Waals surface area contributed by atoms with Crippen LogP contribution in [0.1, 0.15) is 24.8 Å². The summed E-state index contributed by atoms with van der Waals surface area (Å²) >= 11 is 0. The van der Waals surface area contributed by atoms with E-state index < -0.39 is 9.84 Å². The van der Waals surface area contributed by atoms with E-state index >= 15 is 0 Å². The highest BCUT2D eigenvalue weighted by Crippen LogP contribution is 2.24. The van der Waals surface area contributed by atoms with Crippen molar-refractivity contribution in [1.29, 1.82) is 0 Å². The molecule has 0 amide bonds. The zero-order chi connectivity index (χ0) is 18.7. The molecule has 2 saturated heterocycles. The molecule has 1 aromatic heterocycles. The van der Waals surface area contributed by atoms with Gasteiger partial charge >= 0.3 is 0 Å². The largest absolute Gasteiger partial charge is 0.365 e. The maximum absolute atomic E-state index is 11.6. The number of sulfone groups is 1. The molecule has 7 nitrogen and oxygen atoms in total. The Hall–Kier alpha value is -2.22. The summed E-state index contributed by atoms with van der Waals surface area (Å²) in [6.07, 6.45) is 5.52. The van der Waals surface area contributed by atoms with Crippen molar-refractivity contribution in [3.05, 3.63) is 42.1 Å². The van der Waals surface area contributed by atoms with Gasteiger partial charge in [0.2, 0.25) is 5.95 Å². The lowest BCUT2D eigenvalue weighted by Crippen LogP contribution is -2.35. The van der Waals surface area contributed by atoms with Gasteiger partial charge in [0.25, 0.3) is 0 Å². The van der Waals surface area contributed by atoms with Crippen molar-refractivity contribution in [3.63, 3.8) is 0 Å². The summed E-state index contributed by atoms with van der Waals surface area (Å²) in [7, 11) is -2.91. The monoisotopic (exact) mass is 387 g/mol. The van der Waals surface area contributed by atoms with Gasteiger partial charge in [-0.15, -0.1) is 5.10 Å². The Kier molecular flexibility index (Phi) is 5.24. The van der Waals surface area contributed by atoms with Gasteiger partial charge < -0.3 is 10.2 Å². The molecule has 3 heterocycles. The molecule has 2 aromatic rings. The van der Waals surface area contributed by atoms with Gasteiger partial charge in [-0.05, 0) is 37.2 Å². The first-order valence-electron chi connectivity index (χ1n) is 9.53. The predicted octanol–water partition coefficient (Wildman–Crippen LogP) is 1.93. The molecule has 0 bridgehead atoms. The molecule has 1 N–H and O–H groups in total. The molecule has 144 valence electrons. The molecule has 27 heavy (non-hydrogen) atoms. The number of piperidine rings is 1. The Balaban J connectivity index is 1.33. The van der Waals surface area contributed by atoms with Crippen molar-refractivity contribution in [1.82, 2.24) is 15.2 Å². The summed E-state index contributed by atoms with van der Waals surface area (Å²) in [5.74, 6) is 2.32. The highest BCUT2D eigenvalue weighted by Gasteiger charge is 2.28. The minimum atomic E-state index is -2.91. The predicted molar refractivity (Wildman–Crippen MR) is 106 cm³/mol. The number of hydrogen-bond acceptors (Lipinski definition) is 7. The smallest absolute Gasteiger partial charge is 0.247 e. The SMILES string of the molecule is O=S1(=O)CCC(Nc2cnnc(N3CCC(Cc4ccccc4)CC3)n2)C1. The Labute approximate surface area is 160 Å². The van der Waals surface area contributed by atoms with Crippen LogP contribution in [-0.2, 0) is 16.3 Å². The maximum Gasteiger partial charge on any atom is 0.247 e. The highest BCUT2D eigenvalue weighted by atomic mass is 32.2. The number of aromatic nitrogens is 3. The summed E-state index contributed by atoms with van der Waals surface area (Å²) in [5, 5.41) is 11.4. The van der Waals surface area contributed by atoms with Crippen molar-refractivity contribution in [3.8, 4) is 0 Å². The summed E-state index contributed by atoms with van der Waals surface area (Å²) in [6.45, 7) is 1.83. The summed E-state index contributed by atoms with van der Waals surface area (Å²) < 4.78 is 23.2. The van der Waals surface area contributed by atoms with Crippen LogP contribution in [0.2, 0.25) is 0 Å². The molecule has 2 fully saturated rings. The Morgan fingerprint density at radius 3 is 2.59 bits per heavy atom. The highest BCUT2D eigenvalue weighted by molar-refractivity contribution is 7.91. The standard InChI is InChI=1S/C19H25N5O2S/c25-27(26)11-8-17(14-27)21-18-13-20-23-19(22-18)24-9-6-16(7-10-24)12-15-4-2-1-3-5-15/h1-5,13,16-17H,6-12,14H2,(H,21,22,23). The maximum atomic E-state index is 11.6. The minimum Gasteiger partial charge on any atom is -0.365 e. The van der Waals surface area contributed by atoms with E-state index in [1.165, 1.54) is 5.56 Å². The van der Waals surface area contributed by atoms with Gasteiger partial charge in [0, 0.05) is 19.1 Å². The van der Waals surface area contributed by atoms with Crippen molar-refractivity contribution >= 4 is 21.6 Å². The first kappa shape index (κ1) is 18.2. The fourth-order valence-electron chi connectivity index (χ4n) is 3.90. The van der Waals surface area contributed by atoms with Crippen molar-refractivity contribution in [2.45, 2.75) is 31.7 Å². The Morgan fingerprint density at radius 1 is 1.11 bits per heavy atom. The number of nitrogens with zero attached hydrogens (tertiary/aromatic N) is 4. The molecule has 2 aliphatic rings. The molecule has 0 saturated carbocycles. The summed E-state index contributed by atoms with van der Waals surface area (Å²) in [6, 6.07) is 10.5. The van der Waals surface area contributed by atoms with Crippen LogP contribution in [0.5, 0.6) is 0 Å². The number of hydrogen-bond donors (Lipinski definition) is 1. The van der Waals surface area contributed by atoms with Crippen molar-refractivity contribution in [2.75, 3.05) is 34.8 Å². The van der Waals surface area contributed by atoms with Crippen LogP contribution in [0.4, 0.5) is 11.8 Å². The molecular formula is C19H25N5O2S. The average Bonchev–Trinajstić information content (AvgIpc) is 3.02. The molecule has 1 unspecified atom stereocenters. The van der Waals surface area contributed by atoms with Gasteiger partial charge in [-0.25, -0.2) is 8.42 Å². The minimum absolute atomic E-state index is 0.0869. The van der Waals surface area contributed by atoms with E-state index in [0.717, 1.165) is 32.4 Å². The van der Waals surface area contributed by atoms with Crippen molar-refractivity contribution < 1.29 is 8.42 Å². The number of rotatable bonds is 5. The molecule has 1 aromatic carbocycles. The molecule has 4 rings (SSSR count). The Bertz CT molecular complexity index is 867. The lowest BCUT2D eigenvalue weighted by atomic mass is 9.90. The van der Waals surface area contributed by atoms with Crippen LogP contribution in [-0.4, -0.2) is 54.2 Å². The second-order valence-electron chi connectivity index (χ2n) is 7.51. The topological polar surface area (TPSA) is 88.1 Å². The van der Waals surface area contributed by atoms with Crippen LogP contribution in [0.25, 0.3) is 0 Å². The molecular weight excluding hydrogens is 362 g/mol. The third kappa shape index (κ3) is 4.74. The lowest BCUT2D eigenvalue weighted by Gasteiger charge is -2.32. The van der Waals surface area contributed by atoms with Gasteiger partial charge in [0.1, 0.15) is 0 Å². The van der Waals surface area contributed by atoms with E-state index in [1.807, 2.05) is 0 Å². The Morgan fingerprint density at radius 2 is 1.89 bits per heavy atom.